The Morgan fingerprint density at radius 3 is 2.35 bits per heavy atom. The smallest absolute Gasteiger partial charge is 0.257 e. The Balaban J connectivity index is 1.71. The number of rotatable bonds is 8. The molecule has 1 aliphatic heterocycles. The van der Waals surface area contributed by atoms with Gasteiger partial charge in [0.05, 0.1) is 27.4 Å². The number of nitrogens with zero attached hydrogens (tertiary/aromatic N) is 1. The molecule has 0 aliphatic carbocycles. The fraction of sp³-hybridized carbons (Fsp3) is 0.562. The lowest BCUT2D eigenvalue weighted by Gasteiger charge is -2.26. The molecular formula is C16H24N2O5. The molecule has 0 aromatic heterocycles. The molecule has 0 saturated carbocycles. The highest BCUT2D eigenvalue weighted by Gasteiger charge is 2.10. The van der Waals surface area contributed by atoms with Crippen molar-refractivity contribution in [3.63, 3.8) is 0 Å². The van der Waals surface area contributed by atoms with Gasteiger partial charge in [-0.15, -0.1) is 0 Å². The van der Waals surface area contributed by atoms with Gasteiger partial charge in [0, 0.05) is 44.4 Å². The van der Waals surface area contributed by atoms with Crippen LogP contribution in [-0.4, -0.2) is 71.0 Å². The summed E-state index contributed by atoms with van der Waals surface area (Å²) < 4.78 is 21.1. The third-order valence-electron chi connectivity index (χ3n) is 3.55. The lowest BCUT2D eigenvalue weighted by atomic mass is 10.3. The van der Waals surface area contributed by atoms with E-state index in [-0.39, 0.29) is 12.5 Å². The maximum Gasteiger partial charge on any atom is 0.257 e. The number of morpholine rings is 1. The van der Waals surface area contributed by atoms with Crippen LogP contribution in [0.25, 0.3) is 0 Å². The van der Waals surface area contributed by atoms with Crippen LogP contribution in [0.5, 0.6) is 17.2 Å². The average Bonchev–Trinajstić information content (AvgIpc) is 2.60. The van der Waals surface area contributed by atoms with E-state index in [1.165, 1.54) is 0 Å². The quantitative estimate of drug-likeness (QED) is 0.752. The van der Waals surface area contributed by atoms with E-state index in [0.29, 0.717) is 23.8 Å². The topological polar surface area (TPSA) is 69.3 Å². The van der Waals surface area contributed by atoms with Gasteiger partial charge in [0.2, 0.25) is 0 Å². The lowest BCUT2D eigenvalue weighted by Crippen LogP contribution is -2.42. The van der Waals surface area contributed by atoms with Crippen LogP contribution in [0.4, 0.5) is 0 Å². The zero-order chi connectivity index (χ0) is 16.5. The van der Waals surface area contributed by atoms with E-state index in [1.54, 1.807) is 32.4 Å². The minimum absolute atomic E-state index is 0.0422. The molecule has 0 radical (unpaired) electrons. The number of carbonyl (C=O) groups is 1. The molecule has 1 N–H and O–H groups in total. The Kier molecular flexibility index (Phi) is 6.96. The second kappa shape index (κ2) is 9.22. The normalized spacial score (nSPS) is 15.0. The molecule has 0 atom stereocenters. The van der Waals surface area contributed by atoms with E-state index < -0.39 is 0 Å². The first-order valence-corrected chi connectivity index (χ1v) is 7.64. The monoisotopic (exact) mass is 324 g/mol. The molecule has 0 bridgehead atoms. The SMILES string of the molecule is COc1cc(OC)cc(OCC(=O)NCCN2CCOCC2)c1. The van der Waals surface area contributed by atoms with Crippen LogP contribution in [0.2, 0.25) is 0 Å². The Morgan fingerprint density at radius 2 is 1.74 bits per heavy atom. The summed E-state index contributed by atoms with van der Waals surface area (Å²) in [6.07, 6.45) is 0. The number of nitrogens with one attached hydrogen (secondary N) is 1. The molecular weight excluding hydrogens is 300 g/mol. The molecule has 1 amide bonds. The minimum Gasteiger partial charge on any atom is -0.496 e. The maximum absolute atomic E-state index is 11.8. The lowest BCUT2D eigenvalue weighted by molar-refractivity contribution is -0.123. The van der Waals surface area contributed by atoms with Gasteiger partial charge in [-0.05, 0) is 0 Å². The zero-order valence-electron chi connectivity index (χ0n) is 13.7. The summed E-state index contributed by atoms with van der Waals surface area (Å²) in [5, 5.41) is 2.85. The highest BCUT2D eigenvalue weighted by molar-refractivity contribution is 5.77. The summed E-state index contributed by atoms with van der Waals surface area (Å²) in [7, 11) is 3.13. The van der Waals surface area contributed by atoms with Gasteiger partial charge in [-0.3, -0.25) is 9.69 Å². The first-order chi connectivity index (χ1) is 11.2. The Labute approximate surface area is 136 Å². The fourth-order valence-electron chi connectivity index (χ4n) is 2.24. The van der Waals surface area contributed by atoms with Gasteiger partial charge in [0.15, 0.2) is 6.61 Å². The van der Waals surface area contributed by atoms with Crippen LogP contribution >= 0.6 is 0 Å². The third-order valence-corrected chi connectivity index (χ3v) is 3.55. The molecule has 23 heavy (non-hydrogen) atoms. The highest BCUT2D eigenvalue weighted by atomic mass is 16.5. The van der Waals surface area contributed by atoms with E-state index in [0.717, 1.165) is 32.8 Å². The van der Waals surface area contributed by atoms with Crippen molar-refractivity contribution in [1.29, 1.82) is 0 Å². The molecule has 0 spiro atoms. The van der Waals surface area contributed by atoms with Crippen LogP contribution in [-0.2, 0) is 9.53 Å². The number of carbonyl (C=O) groups excluding carboxylic acids is 1. The van der Waals surface area contributed by atoms with Crippen LogP contribution in [0.15, 0.2) is 18.2 Å². The van der Waals surface area contributed by atoms with Crippen molar-refractivity contribution in [2.75, 3.05) is 60.2 Å². The van der Waals surface area contributed by atoms with Crippen LogP contribution in [0.1, 0.15) is 0 Å². The van der Waals surface area contributed by atoms with Crippen LogP contribution in [0.3, 0.4) is 0 Å². The summed E-state index contributed by atoms with van der Waals surface area (Å²) in [4.78, 5) is 14.1. The standard InChI is InChI=1S/C16H24N2O5/c1-20-13-9-14(21-2)11-15(10-13)23-12-16(19)17-3-4-18-5-7-22-8-6-18/h9-11H,3-8,12H2,1-2H3,(H,17,19). The van der Waals surface area contributed by atoms with Crippen molar-refractivity contribution in [1.82, 2.24) is 10.2 Å². The van der Waals surface area contributed by atoms with Crippen molar-refractivity contribution in [3.05, 3.63) is 18.2 Å². The molecule has 2 rings (SSSR count). The minimum atomic E-state index is -0.153. The molecule has 1 fully saturated rings. The van der Waals surface area contributed by atoms with Crippen molar-refractivity contribution < 1.29 is 23.7 Å². The molecule has 7 nitrogen and oxygen atoms in total. The molecule has 7 heteroatoms. The summed E-state index contributed by atoms with van der Waals surface area (Å²) >= 11 is 0. The second-order valence-corrected chi connectivity index (χ2v) is 5.14. The van der Waals surface area contributed by atoms with Crippen molar-refractivity contribution >= 4 is 5.91 Å². The Bertz CT molecular complexity index is 481. The van der Waals surface area contributed by atoms with Gasteiger partial charge in [0.1, 0.15) is 17.2 Å². The summed E-state index contributed by atoms with van der Waals surface area (Å²) in [5.41, 5.74) is 0. The van der Waals surface area contributed by atoms with Crippen molar-refractivity contribution in [2.45, 2.75) is 0 Å². The summed E-state index contributed by atoms with van der Waals surface area (Å²) in [6, 6.07) is 5.17. The largest absolute Gasteiger partial charge is 0.496 e. The number of hydrogen-bond acceptors (Lipinski definition) is 6. The van der Waals surface area contributed by atoms with E-state index in [2.05, 4.69) is 10.2 Å². The predicted octanol–water partition coefficient (Wildman–Crippen LogP) is 0.531. The van der Waals surface area contributed by atoms with Crippen LogP contribution < -0.4 is 19.5 Å². The van der Waals surface area contributed by atoms with Gasteiger partial charge in [-0.1, -0.05) is 0 Å². The Hall–Kier alpha value is -1.99. The van der Waals surface area contributed by atoms with Crippen LogP contribution in [0, 0.1) is 0 Å². The molecule has 1 aliphatic rings. The van der Waals surface area contributed by atoms with E-state index >= 15 is 0 Å². The number of methoxy groups -OCH3 is 2. The number of ether oxygens (including phenoxy) is 4. The Morgan fingerprint density at radius 1 is 1.13 bits per heavy atom. The van der Waals surface area contributed by atoms with Gasteiger partial charge in [-0.2, -0.15) is 0 Å². The van der Waals surface area contributed by atoms with Gasteiger partial charge in [0.25, 0.3) is 5.91 Å². The van der Waals surface area contributed by atoms with Crippen molar-refractivity contribution in [3.8, 4) is 17.2 Å². The average molecular weight is 324 g/mol. The first-order valence-electron chi connectivity index (χ1n) is 7.64. The molecule has 1 saturated heterocycles. The predicted molar refractivity (Wildman–Crippen MR) is 85.3 cm³/mol. The van der Waals surface area contributed by atoms with Crippen molar-refractivity contribution in [2.24, 2.45) is 0 Å². The molecule has 128 valence electrons. The van der Waals surface area contributed by atoms with E-state index in [4.69, 9.17) is 18.9 Å². The third kappa shape index (κ3) is 5.96. The fourth-order valence-corrected chi connectivity index (χ4v) is 2.24. The summed E-state index contributed by atoms with van der Waals surface area (Å²) in [6.45, 7) is 4.72. The number of hydrogen-bond donors (Lipinski definition) is 1. The molecule has 1 aromatic rings. The van der Waals surface area contributed by atoms with E-state index in [9.17, 15) is 4.79 Å². The van der Waals surface area contributed by atoms with Gasteiger partial charge in [-0.25, -0.2) is 0 Å². The molecule has 1 aromatic carbocycles. The second-order valence-electron chi connectivity index (χ2n) is 5.14. The van der Waals surface area contributed by atoms with Gasteiger partial charge < -0.3 is 24.3 Å². The summed E-state index contributed by atoms with van der Waals surface area (Å²) in [5.74, 6) is 1.61. The highest BCUT2D eigenvalue weighted by Crippen LogP contribution is 2.27. The maximum atomic E-state index is 11.8. The van der Waals surface area contributed by atoms with E-state index in [1.807, 2.05) is 0 Å². The molecule has 0 unspecified atom stereocenters. The number of benzene rings is 1. The first kappa shape index (κ1) is 17.4. The number of amides is 1. The molecule has 1 heterocycles. The van der Waals surface area contributed by atoms with Gasteiger partial charge >= 0.3 is 0 Å². The zero-order valence-corrected chi connectivity index (χ0v) is 13.7.